The predicted molar refractivity (Wildman–Crippen MR) is 78.7 cm³/mol. The summed E-state index contributed by atoms with van der Waals surface area (Å²) in [6, 6.07) is 0. The van der Waals surface area contributed by atoms with E-state index in [4.69, 9.17) is 9.05 Å². The molecule has 0 radical (unpaired) electrons. The summed E-state index contributed by atoms with van der Waals surface area (Å²) >= 11 is 0. The molecule has 0 aromatic heterocycles. The number of unbranched alkanes of at least 4 members (excludes halogenated alkanes) is 2. The molecule has 2 saturated carbocycles. The maximum atomic E-state index is 13.0. The lowest BCUT2D eigenvalue weighted by Gasteiger charge is -2.25. The van der Waals surface area contributed by atoms with E-state index >= 15 is 0 Å². The zero-order valence-corrected chi connectivity index (χ0v) is 13.2. The van der Waals surface area contributed by atoms with Gasteiger partial charge in [0, 0.05) is 0 Å². The second kappa shape index (κ2) is 7.81. The van der Waals surface area contributed by atoms with Crippen molar-refractivity contribution >= 4 is 7.60 Å². The van der Waals surface area contributed by atoms with Gasteiger partial charge in [0.05, 0.1) is 18.4 Å². The molecule has 2 aliphatic rings. The fourth-order valence-electron chi connectivity index (χ4n) is 3.13. The molecule has 0 N–H and O–H groups in total. The Balaban J connectivity index is 1.87. The third kappa shape index (κ3) is 5.21. The Morgan fingerprint density at radius 3 is 1.79 bits per heavy atom. The molecule has 112 valence electrons. The van der Waals surface area contributed by atoms with Crippen molar-refractivity contribution < 1.29 is 13.6 Å². The molecule has 0 saturated heterocycles. The van der Waals surface area contributed by atoms with Gasteiger partial charge < -0.3 is 9.05 Å². The van der Waals surface area contributed by atoms with Gasteiger partial charge >= 0.3 is 7.60 Å². The molecule has 0 amide bonds. The van der Waals surface area contributed by atoms with Gasteiger partial charge in [0.2, 0.25) is 0 Å². The Bertz CT molecular complexity index is 272. The van der Waals surface area contributed by atoms with Gasteiger partial charge in [-0.1, -0.05) is 45.4 Å². The number of hydrogen-bond donors (Lipinski definition) is 0. The standard InChI is InChI=1S/C15H29O3P/c1-2-3-8-13-19(16,17-14-9-4-5-10-14)18-15-11-6-7-12-15/h14-15H,2-13H2,1H3. The molecule has 2 aliphatic carbocycles. The minimum Gasteiger partial charge on any atom is -0.305 e. The number of rotatable bonds is 8. The molecule has 2 rings (SSSR count). The van der Waals surface area contributed by atoms with E-state index in [1.807, 2.05) is 0 Å². The van der Waals surface area contributed by atoms with Crippen molar-refractivity contribution in [1.29, 1.82) is 0 Å². The van der Waals surface area contributed by atoms with Gasteiger partial charge in [-0.05, 0) is 32.1 Å². The highest BCUT2D eigenvalue weighted by atomic mass is 31.2. The first-order chi connectivity index (χ1) is 9.22. The van der Waals surface area contributed by atoms with E-state index in [0.717, 1.165) is 44.9 Å². The van der Waals surface area contributed by atoms with Crippen LogP contribution in [-0.2, 0) is 13.6 Å². The minimum absolute atomic E-state index is 0.189. The van der Waals surface area contributed by atoms with Crippen molar-refractivity contribution in [2.45, 2.75) is 89.8 Å². The highest BCUT2D eigenvalue weighted by molar-refractivity contribution is 7.53. The lowest BCUT2D eigenvalue weighted by molar-refractivity contribution is 0.117. The summed E-state index contributed by atoms with van der Waals surface area (Å²) in [5.41, 5.74) is 0. The Kier molecular flexibility index (Phi) is 6.38. The van der Waals surface area contributed by atoms with Gasteiger partial charge in [0.1, 0.15) is 0 Å². The second-order valence-electron chi connectivity index (χ2n) is 6.07. The zero-order valence-electron chi connectivity index (χ0n) is 12.3. The first-order valence-electron chi connectivity index (χ1n) is 8.18. The Hall–Kier alpha value is 0.150. The van der Waals surface area contributed by atoms with Crippen molar-refractivity contribution in [1.82, 2.24) is 0 Å². The van der Waals surface area contributed by atoms with Crippen LogP contribution in [0.25, 0.3) is 0 Å². The molecule has 0 atom stereocenters. The SMILES string of the molecule is CCCCCP(=O)(OC1CCCC1)OC1CCCC1. The molecule has 19 heavy (non-hydrogen) atoms. The van der Waals surface area contributed by atoms with Crippen LogP contribution in [-0.4, -0.2) is 18.4 Å². The van der Waals surface area contributed by atoms with E-state index in [9.17, 15) is 4.57 Å². The molecule has 0 aliphatic heterocycles. The van der Waals surface area contributed by atoms with Crippen molar-refractivity contribution in [3.8, 4) is 0 Å². The fourth-order valence-corrected chi connectivity index (χ4v) is 5.33. The third-order valence-electron chi connectivity index (χ3n) is 4.26. The van der Waals surface area contributed by atoms with Crippen LogP contribution in [0.1, 0.15) is 77.6 Å². The molecular weight excluding hydrogens is 259 g/mol. The van der Waals surface area contributed by atoms with Crippen LogP contribution >= 0.6 is 7.60 Å². The minimum atomic E-state index is -2.85. The first-order valence-corrected chi connectivity index (χ1v) is 9.90. The van der Waals surface area contributed by atoms with Crippen LogP contribution in [0.4, 0.5) is 0 Å². The zero-order chi connectivity index (χ0) is 13.6. The number of hydrogen-bond acceptors (Lipinski definition) is 3. The molecule has 0 aromatic carbocycles. The molecule has 0 unspecified atom stereocenters. The van der Waals surface area contributed by atoms with Crippen molar-refractivity contribution in [2.24, 2.45) is 0 Å². The van der Waals surface area contributed by atoms with Crippen LogP contribution in [0.2, 0.25) is 0 Å². The normalized spacial score (nSPS) is 22.4. The highest BCUT2D eigenvalue weighted by Gasteiger charge is 2.33. The largest absolute Gasteiger partial charge is 0.331 e. The fraction of sp³-hybridized carbons (Fsp3) is 1.00. The van der Waals surface area contributed by atoms with E-state index in [0.29, 0.717) is 6.16 Å². The molecule has 0 aromatic rings. The summed E-state index contributed by atoms with van der Waals surface area (Å²) < 4.78 is 24.8. The van der Waals surface area contributed by atoms with E-state index in [1.165, 1.54) is 25.7 Å². The molecule has 0 heterocycles. The maximum Gasteiger partial charge on any atom is 0.331 e. The third-order valence-corrected chi connectivity index (χ3v) is 6.36. The average molecular weight is 288 g/mol. The first kappa shape index (κ1) is 15.5. The summed E-state index contributed by atoms with van der Waals surface area (Å²) in [7, 11) is -2.85. The van der Waals surface area contributed by atoms with E-state index < -0.39 is 7.60 Å². The highest BCUT2D eigenvalue weighted by Crippen LogP contribution is 2.54. The maximum absolute atomic E-state index is 13.0. The molecular formula is C15H29O3P. The smallest absolute Gasteiger partial charge is 0.305 e. The van der Waals surface area contributed by atoms with Gasteiger partial charge in [-0.25, -0.2) is 0 Å². The van der Waals surface area contributed by atoms with E-state index in [1.54, 1.807) is 0 Å². The summed E-state index contributed by atoms with van der Waals surface area (Å²) in [5.74, 6) is 0. The van der Waals surface area contributed by atoms with E-state index in [-0.39, 0.29) is 12.2 Å². The van der Waals surface area contributed by atoms with Gasteiger partial charge in [-0.3, -0.25) is 4.57 Å². The second-order valence-corrected chi connectivity index (χ2v) is 8.16. The topological polar surface area (TPSA) is 35.5 Å². The van der Waals surface area contributed by atoms with Gasteiger partial charge in [-0.15, -0.1) is 0 Å². The summed E-state index contributed by atoms with van der Waals surface area (Å²) in [4.78, 5) is 0. The Morgan fingerprint density at radius 1 is 0.895 bits per heavy atom. The van der Waals surface area contributed by atoms with Crippen LogP contribution in [0.3, 0.4) is 0 Å². The lowest BCUT2D eigenvalue weighted by atomic mass is 10.3. The average Bonchev–Trinajstić information content (AvgIpc) is 3.03. The van der Waals surface area contributed by atoms with Gasteiger partial charge in [0.25, 0.3) is 0 Å². The van der Waals surface area contributed by atoms with Crippen LogP contribution in [0, 0.1) is 0 Å². The Labute approximate surface area is 118 Å². The van der Waals surface area contributed by atoms with Crippen LogP contribution in [0.15, 0.2) is 0 Å². The van der Waals surface area contributed by atoms with Gasteiger partial charge in [0.15, 0.2) is 0 Å². The lowest BCUT2D eigenvalue weighted by Crippen LogP contribution is -2.14. The molecule has 0 bridgehead atoms. The van der Waals surface area contributed by atoms with Crippen LogP contribution in [0.5, 0.6) is 0 Å². The van der Waals surface area contributed by atoms with E-state index in [2.05, 4.69) is 6.92 Å². The summed E-state index contributed by atoms with van der Waals surface area (Å²) in [6.45, 7) is 2.17. The Morgan fingerprint density at radius 2 is 1.37 bits per heavy atom. The monoisotopic (exact) mass is 288 g/mol. The predicted octanol–water partition coefficient (Wildman–Crippen LogP) is 5.29. The molecule has 0 spiro atoms. The van der Waals surface area contributed by atoms with Gasteiger partial charge in [-0.2, -0.15) is 0 Å². The van der Waals surface area contributed by atoms with Crippen molar-refractivity contribution in [3.05, 3.63) is 0 Å². The summed E-state index contributed by atoms with van der Waals surface area (Å²) in [5, 5.41) is 0. The molecule has 4 heteroatoms. The van der Waals surface area contributed by atoms with Crippen molar-refractivity contribution in [3.63, 3.8) is 0 Å². The molecule has 3 nitrogen and oxygen atoms in total. The quantitative estimate of drug-likeness (QED) is 0.450. The molecule has 2 fully saturated rings. The van der Waals surface area contributed by atoms with Crippen LogP contribution < -0.4 is 0 Å². The summed E-state index contributed by atoms with van der Waals surface area (Å²) in [6.07, 6.45) is 13.3. The van der Waals surface area contributed by atoms with Crippen molar-refractivity contribution in [2.75, 3.05) is 6.16 Å².